The summed E-state index contributed by atoms with van der Waals surface area (Å²) in [6.07, 6.45) is -0.352. The molecule has 1 fully saturated rings. The second kappa shape index (κ2) is 9.32. The number of carbonyl (C=O) groups is 1. The summed E-state index contributed by atoms with van der Waals surface area (Å²) in [5.74, 6) is 0.0720. The molecule has 1 amide bonds. The lowest BCUT2D eigenvalue weighted by Gasteiger charge is -2.38. The van der Waals surface area contributed by atoms with E-state index in [1.54, 1.807) is 11.0 Å². The topological polar surface area (TPSA) is 77.4 Å². The van der Waals surface area contributed by atoms with Gasteiger partial charge in [-0.05, 0) is 18.2 Å². The fraction of sp³-hybridized carbons (Fsp3) is 0.273. The van der Waals surface area contributed by atoms with Gasteiger partial charge in [-0.25, -0.2) is 9.97 Å². The Morgan fingerprint density at radius 3 is 2.52 bits per heavy atom. The molecular formula is C22H18ClF3N4O3. The van der Waals surface area contributed by atoms with Crippen molar-refractivity contribution in [3.63, 3.8) is 0 Å². The number of carbonyl (C=O) groups excluding carboxylic acids is 1. The van der Waals surface area contributed by atoms with Crippen molar-refractivity contribution < 1.29 is 27.4 Å². The van der Waals surface area contributed by atoms with E-state index in [0.717, 1.165) is 12.1 Å². The Morgan fingerprint density at radius 1 is 1.15 bits per heavy atom. The van der Waals surface area contributed by atoms with Crippen molar-refractivity contribution in [3.8, 4) is 28.4 Å². The van der Waals surface area contributed by atoms with Crippen molar-refractivity contribution in [1.29, 1.82) is 0 Å². The van der Waals surface area contributed by atoms with Crippen LogP contribution in [0.3, 0.4) is 0 Å². The molecule has 0 atom stereocenters. The zero-order valence-electron chi connectivity index (χ0n) is 17.3. The first-order valence-corrected chi connectivity index (χ1v) is 10.2. The van der Waals surface area contributed by atoms with Gasteiger partial charge in [0, 0.05) is 30.6 Å². The molecule has 7 nitrogen and oxygen atoms in total. The lowest BCUT2D eigenvalue weighted by atomic mass is 10.0. The van der Waals surface area contributed by atoms with Crippen LogP contribution < -0.4 is 4.74 Å². The summed E-state index contributed by atoms with van der Waals surface area (Å²) in [6, 6.07) is 6.27. The smallest absolute Gasteiger partial charge is 0.416 e. The SMILES string of the molecule is COCC(=O)N1CC(Oc2cnc(-c3ccc(C(F)(F)F)cc3)c(-c3ccncc3Cl)n2)C1. The van der Waals surface area contributed by atoms with Crippen molar-refractivity contribution in [2.75, 3.05) is 26.8 Å². The summed E-state index contributed by atoms with van der Waals surface area (Å²) in [6.45, 7) is 0.769. The van der Waals surface area contributed by atoms with Crippen LogP contribution in [0.2, 0.25) is 5.02 Å². The monoisotopic (exact) mass is 478 g/mol. The number of hydrogen-bond donors (Lipinski definition) is 0. The van der Waals surface area contributed by atoms with E-state index in [2.05, 4.69) is 15.0 Å². The number of hydrogen-bond acceptors (Lipinski definition) is 6. The maximum atomic E-state index is 13.0. The number of alkyl halides is 3. The highest BCUT2D eigenvalue weighted by Gasteiger charge is 2.33. The summed E-state index contributed by atoms with van der Waals surface area (Å²) in [7, 11) is 1.45. The predicted octanol–water partition coefficient (Wildman–Crippen LogP) is 4.11. The van der Waals surface area contributed by atoms with Gasteiger partial charge in [-0.3, -0.25) is 9.78 Å². The number of likely N-dealkylation sites (tertiary alicyclic amines) is 1. The Balaban J connectivity index is 1.63. The summed E-state index contributed by atoms with van der Waals surface area (Å²) >= 11 is 6.31. The minimum Gasteiger partial charge on any atom is -0.469 e. The molecule has 3 aromatic rings. The van der Waals surface area contributed by atoms with Crippen molar-refractivity contribution in [2.45, 2.75) is 12.3 Å². The maximum Gasteiger partial charge on any atom is 0.416 e. The average molecular weight is 479 g/mol. The van der Waals surface area contributed by atoms with Crippen LogP contribution in [0.4, 0.5) is 13.2 Å². The van der Waals surface area contributed by atoms with Crippen LogP contribution in [0.25, 0.3) is 22.5 Å². The first-order chi connectivity index (χ1) is 15.8. The lowest BCUT2D eigenvalue weighted by Crippen LogP contribution is -2.57. The summed E-state index contributed by atoms with van der Waals surface area (Å²) in [5, 5.41) is 0.303. The van der Waals surface area contributed by atoms with Crippen LogP contribution in [-0.2, 0) is 15.7 Å². The number of methoxy groups -OCH3 is 1. The lowest BCUT2D eigenvalue weighted by molar-refractivity contribution is -0.144. The van der Waals surface area contributed by atoms with E-state index >= 15 is 0 Å². The van der Waals surface area contributed by atoms with Gasteiger partial charge in [0.05, 0.1) is 35.6 Å². The molecule has 4 rings (SSSR count). The molecule has 0 N–H and O–H groups in total. The average Bonchev–Trinajstić information content (AvgIpc) is 2.76. The molecule has 0 unspecified atom stereocenters. The van der Waals surface area contributed by atoms with Gasteiger partial charge in [0.2, 0.25) is 11.8 Å². The fourth-order valence-electron chi connectivity index (χ4n) is 3.31. The standard InChI is InChI=1S/C22H18ClF3N4O3/c1-32-12-19(31)30-10-15(11-30)33-18-9-28-20(13-2-4-14(5-3-13)22(24,25)26)21(29-18)16-6-7-27-8-17(16)23/h2-9,15H,10-12H2,1H3. The Hall–Kier alpha value is -3.24. The van der Waals surface area contributed by atoms with Gasteiger partial charge in [0.15, 0.2) is 0 Å². The van der Waals surface area contributed by atoms with Crippen LogP contribution in [0, 0.1) is 0 Å². The molecule has 33 heavy (non-hydrogen) atoms. The van der Waals surface area contributed by atoms with E-state index in [1.807, 2.05) is 0 Å². The number of aromatic nitrogens is 3. The molecule has 0 spiro atoms. The largest absolute Gasteiger partial charge is 0.469 e. The number of benzene rings is 1. The van der Waals surface area contributed by atoms with E-state index < -0.39 is 11.7 Å². The molecule has 1 saturated heterocycles. The third-order valence-corrected chi connectivity index (χ3v) is 5.32. The van der Waals surface area contributed by atoms with Crippen LogP contribution in [-0.4, -0.2) is 58.7 Å². The first kappa shape index (κ1) is 22.9. The molecule has 3 heterocycles. The molecular weight excluding hydrogens is 461 g/mol. The highest BCUT2D eigenvalue weighted by Crippen LogP contribution is 2.36. The normalized spacial score (nSPS) is 14.2. The van der Waals surface area contributed by atoms with E-state index in [-0.39, 0.29) is 24.5 Å². The molecule has 1 aromatic carbocycles. The molecule has 0 bridgehead atoms. The van der Waals surface area contributed by atoms with E-state index in [0.29, 0.717) is 40.6 Å². The van der Waals surface area contributed by atoms with Crippen molar-refractivity contribution >= 4 is 17.5 Å². The summed E-state index contributed by atoms with van der Waals surface area (Å²) < 4.78 is 49.5. The Labute approximate surface area is 192 Å². The van der Waals surface area contributed by atoms with E-state index in [9.17, 15) is 18.0 Å². The Bertz CT molecular complexity index is 1150. The number of amides is 1. The highest BCUT2D eigenvalue weighted by molar-refractivity contribution is 6.33. The second-order valence-corrected chi connectivity index (χ2v) is 7.71. The molecule has 0 radical (unpaired) electrons. The minimum atomic E-state index is -4.44. The van der Waals surface area contributed by atoms with Gasteiger partial charge >= 0.3 is 6.18 Å². The van der Waals surface area contributed by atoms with Crippen LogP contribution in [0.5, 0.6) is 5.88 Å². The van der Waals surface area contributed by atoms with Gasteiger partial charge in [-0.2, -0.15) is 13.2 Å². The molecule has 0 saturated carbocycles. The van der Waals surface area contributed by atoms with Crippen molar-refractivity contribution in [3.05, 3.63) is 59.5 Å². The van der Waals surface area contributed by atoms with Crippen LogP contribution in [0.1, 0.15) is 5.56 Å². The van der Waals surface area contributed by atoms with Gasteiger partial charge in [0.25, 0.3) is 0 Å². The van der Waals surface area contributed by atoms with Crippen molar-refractivity contribution in [2.24, 2.45) is 0 Å². The molecule has 1 aliphatic rings. The number of halogens is 4. The molecule has 2 aromatic heterocycles. The molecule has 11 heteroatoms. The van der Waals surface area contributed by atoms with Gasteiger partial charge < -0.3 is 14.4 Å². The van der Waals surface area contributed by atoms with Crippen LogP contribution in [0.15, 0.2) is 48.9 Å². The third-order valence-electron chi connectivity index (χ3n) is 5.02. The minimum absolute atomic E-state index is 0.000951. The predicted molar refractivity (Wildman–Crippen MR) is 114 cm³/mol. The van der Waals surface area contributed by atoms with E-state index in [1.165, 1.54) is 37.8 Å². The summed E-state index contributed by atoms with van der Waals surface area (Å²) in [4.78, 5) is 26.3. The Kier molecular flexibility index (Phi) is 6.48. The zero-order chi connectivity index (χ0) is 23.6. The number of nitrogens with zero attached hydrogens (tertiary/aromatic N) is 4. The number of ether oxygens (including phenoxy) is 2. The molecule has 172 valence electrons. The maximum absolute atomic E-state index is 13.0. The molecule has 0 aliphatic carbocycles. The fourth-order valence-corrected chi connectivity index (χ4v) is 3.52. The third kappa shape index (κ3) is 5.07. The van der Waals surface area contributed by atoms with E-state index in [4.69, 9.17) is 21.1 Å². The summed E-state index contributed by atoms with van der Waals surface area (Å²) in [5.41, 5.74) is 0.858. The second-order valence-electron chi connectivity index (χ2n) is 7.31. The zero-order valence-corrected chi connectivity index (χ0v) is 18.1. The highest BCUT2D eigenvalue weighted by atomic mass is 35.5. The van der Waals surface area contributed by atoms with Gasteiger partial charge in [-0.1, -0.05) is 23.7 Å². The Morgan fingerprint density at radius 2 is 1.88 bits per heavy atom. The number of pyridine rings is 1. The molecule has 1 aliphatic heterocycles. The van der Waals surface area contributed by atoms with Gasteiger partial charge in [0.1, 0.15) is 18.4 Å². The van der Waals surface area contributed by atoms with Gasteiger partial charge in [-0.15, -0.1) is 0 Å². The number of rotatable bonds is 6. The first-order valence-electron chi connectivity index (χ1n) is 9.84. The quantitative estimate of drug-likeness (QED) is 0.530. The van der Waals surface area contributed by atoms with Crippen molar-refractivity contribution in [1.82, 2.24) is 19.9 Å². The van der Waals surface area contributed by atoms with Crippen LogP contribution >= 0.6 is 11.6 Å².